The van der Waals surface area contributed by atoms with Gasteiger partial charge in [0.1, 0.15) is 5.92 Å². The average molecular weight is 400 g/mol. The summed E-state index contributed by atoms with van der Waals surface area (Å²) < 4.78 is 0.974. The van der Waals surface area contributed by atoms with Crippen molar-refractivity contribution in [3.63, 3.8) is 0 Å². The van der Waals surface area contributed by atoms with Gasteiger partial charge in [-0.1, -0.05) is 58.4 Å². The van der Waals surface area contributed by atoms with Crippen molar-refractivity contribution in [2.45, 2.75) is 12.8 Å². The van der Waals surface area contributed by atoms with E-state index in [1.165, 1.54) is 0 Å². The van der Waals surface area contributed by atoms with Crippen LogP contribution < -0.4 is 10.7 Å². The number of carbonyl (C=O) groups excluding carboxylic acids is 2. The molecule has 2 unspecified atom stereocenters. The lowest BCUT2D eigenvalue weighted by Crippen LogP contribution is -2.35. The third-order valence-electron chi connectivity index (χ3n) is 4.29. The van der Waals surface area contributed by atoms with Crippen LogP contribution in [0, 0.1) is 5.92 Å². The molecule has 1 heterocycles. The van der Waals surface area contributed by atoms with E-state index in [1.807, 2.05) is 61.5 Å². The summed E-state index contributed by atoms with van der Waals surface area (Å²) in [7, 11) is 0. The maximum Gasteiger partial charge on any atom is 0.253 e. The van der Waals surface area contributed by atoms with Gasteiger partial charge in [0.25, 0.3) is 5.91 Å². The van der Waals surface area contributed by atoms with Crippen molar-refractivity contribution < 1.29 is 9.59 Å². The Morgan fingerprint density at radius 1 is 1.16 bits per heavy atom. The highest BCUT2D eigenvalue weighted by atomic mass is 79.9. The molecule has 2 amide bonds. The lowest BCUT2D eigenvalue weighted by Gasteiger charge is -2.15. The van der Waals surface area contributed by atoms with E-state index in [0.29, 0.717) is 12.3 Å². The Hall–Kier alpha value is -2.47. The smallest absolute Gasteiger partial charge is 0.253 e. The van der Waals surface area contributed by atoms with Crippen LogP contribution in [0.25, 0.3) is 0 Å². The fraction of sp³-hybridized carbons (Fsp3) is 0.211. The van der Waals surface area contributed by atoms with Crippen molar-refractivity contribution in [3.8, 4) is 0 Å². The van der Waals surface area contributed by atoms with Crippen molar-refractivity contribution in [2.75, 3.05) is 6.54 Å². The second-order valence-corrected chi connectivity index (χ2v) is 6.84. The number of nitrogens with zero attached hydrogens (tertiary/aromatic N) is 1. The third kappa shape index (κ3) is 3.96. The fourth-order valence-corrected chi connectivity index (χ4v) is 3.16. The fourth-order valence-electron chi connectivity index (χ4n) is 2.90. The highest BCUT2D eigenvalue weighted by molar-refractivity contribution is 9.10. The monoisotopic (exact) mass is 399 g/mol. The highest BCUT2D eigenvalue weighted by Crippen LogP contribution is 2.29. The van der Waals surface area contributed by atoms with Gasteiger partial charge in [0.15, 0.2) is 0 Å². The number of nitrogens with one attached hydrogen (secondary N) is 2. The van der Waals surface area contributed by atoms with Crippen molar-refractivity contribution in [3.05, 3.63) is 70.2 Å². The molecule has 25 heavy (non-hydrogen) atoms. The van der Waals surface area contributed by atoms with Gasteiger partial charge in [-0.15, -0.1) is 0 Å². The number of carbonyl (C=O) groups is 2. The van der Waals surface area contributed by atoms with Gasteiger partial charge in [0.05, 0.1) is 5.71 Å². The summed E-state index contributed by atoms with van der Waals surface area (Å²) in [5.74, 6) is -1.61. The normalized spacial score (nSPS) is 20.2. The first-order chi connectivity index (χ1) is 12.1. The van der Waals surface area contributed by atoms with E-state index >= 15 is 0 Å². The first-order valence-electron chi connectivity index (χ1n) is 7.99. The van der Waals surface area contributed by atoms with Gasteiger partial charge in [-0.2, -0.15) is 5.10 Å². The van der Waals surface area contributed by atoms with Gasteiger partial charge in [-0.05, 0) is 30.2 Å². The van der Waals surface area contributed by atoms with Gasteiger partial charge in [0, 0.05) is 16.9 Å². The molecule has 1 fully saturated rings. The van der Waals surface area contributed by atoms with E-state index in [4.69, 9.17) is 0 Å². The summed E-state index contributed by atoms with van der Waals surface area (Å²) in [6, 6.07) is 17.2. The molecule has 2 atom stereocenters. The third-order valence-corrected chi connectivity index (χ3v) is 4.82. The number of hydrazone groups is 1. The Morgan fingerprint density at radius 3 is 2.52 bits per heavy atom. The van der Waals surface area contributed by atoms with Crippen LogP contribution in [0.3, 0.4) is 0 Å². The zero-order valence-electron chi connectivity index (χ0n) is 13.7. The summed E-state index contributed by atoms with van der Waals surface area (Å²) in [6.45, 7) is 2.27. The average Bonchev–Trinajstić information content (AvgIpc) is 3.02. The number of amides is 2. The van der Waals surface area contributed by atoms with Gasteiger partial charge in [-0.25, -0.2) is 5.43 Å². The number of hydrogen-bond donors (Lipinski definition) is 2. The second kappa shape index (κ2) is 7.61. The van der Waals surface area contributed by atoms with E-state index in [9.17, 15) is 9.59 Å². The molecule has 2 N–H and O–H groups in total. The predicted molar refractivity (Wildman–Crippen MR) is 100 cm³/mol. The molecule has 0 radical (unpaired) electrons. The van der Waals surface area contributed by atoms with E-state index in [-0.39, 0.29) is 17.7 Å². The summed E-state index contributed by atoms with van der Waals surface area (Å²) in [4.78, 5) is 24.7. The number of rotatable bonds is 4. The molecule has 0 saturated carbocycles. The predicted octanol–water partition coefficient (Wildman–Crippen LogP) is 2.82. The van der Waals surface area contributed by atoms with Gasteiger partial charge in [-0.3, -0.25) is 9.59 Å². The zero-order valence-corrected chi connectivity index (χ0v) is 15.3. The summed E-state index contributed by atoms with van der Waals surface area (Å²) in [6.07, 6.45) is 0. The minimum atomic E-state index is -0.774. The molecular weight excluding hydrogens is 382 g/mol. The van der Waals surface area contributed by atoms with E-state index < -0.39 is 5.92 Å². The molecule has 128 valence electrons. The van der Waals surface area contributed by atoms with Crippen molar-refractivity contribution >= 4 is 33.5 Å². The first kappa shape index (κ1) is 17.4. The lowest BCUT2D eigenvalue weighted by molar-refractivity contribution is -0.133. The summed E-state index contributed by atoms with van der Waals surface area (Å²) >= 11 is 3.38. The van der Waals surface area contributed by atoms with Gasteiger partial charge >= 0.3 is 0 Å². The van der Waals surface area contributed by atoms with Crippen LogP contribution in [0.4, 0.5) is 0 Å². The zero-order chi connectivity index (χ0) is 17.8. The molecular formula is C19H18BrN3O2. The molecule has 1 aliphatic heterocycles. The van der Waals surface area contributed by atoms with Gasteiger partial charge in [0.2, 0.25) is 5.91 Å². The Bertz CT molecular complexity index is 803. The SMILES string of the molecule is C/C(=N/NC(=O)C1C(=O)NCC1c1ccccc1)c1ccc(Br)cc1. The van der Waals surface area contributed by atoms with Crippen molar-refractivity contribution in [1.82, 2.24) is 10.7 Å². The minimum absolute atomic E-state index is 0.183. The highest BCUT2D eigenvalue weighted by Gasteiger charge is 2.40. The van der Waals surface area contributed by atoms with Crippen LogP contribution >= 0.6 is 15.9 Å². The molecule has 2 aromatic rings. The Morgan fingerprint density at radius 2 is 1.84 bits per heavy atom. The van der Waals surface area contributed by atoms with Crippen molar-refractivity contribution in [2.24, 2.45) is 11.0 Å². The summed E-state index contributed by atoms with van der Waals surface area (Å²) in [5, 5.41) is 6.92. The molecule has 5 nitrogen and oxygen atoms in total. The van der Waals surface area contributed by atoms with Gasteiger partial charge < -0.3 is 5.32 Å². The molecule has 0 aromatic heterocycles. The van der Waals surface area contributed by atoms with E-state index in [0.717, 1.165) is 15.6 Å². The minimum Gasteiger partial charge on any atom is -0.355 e. The molecule has 2 aromatic carbocycles. The molecule has 0 bridgehead atoms. The number of benzene rings is 2. The Balaban J connectivity index is 1.74. The van der Waals surface area contributed by atoms with Crippen molar-refractivity contribution in [1.29, 1.82) is 0 Å². The standard InChI is InChI=1S/C19H18BrN3O2/c1-12(13-7-9-15(20)10-8-13)22-23-19(25)17-16(11-21-18(17)24)14-5-3-2-4-6-14/h2-10,16-17H,11H2,1H3,(H,21,24)(H,23,25)/b22-12-. The Kier molecular flexibility index (Phi) is 5.28. The number of hydrogen-bond acceptors (Lipinski definition) is 3. The molecule has 1 saturated heterocycles. The van der Waals surface area contributed by atoms with Crippen LogP contribution in [0.2, 0.25) is 0 Å². The maximum absolute atomic E-state index is 12.5. The van der Waals surface area contributed by atoms with E-state index in [2.05, 4.69) is 31.8 Å². The first-order valence-corrected chi connectivity index (χ1v) is 8.78. The topological polar surface area (TPSA) is 70.6 Å². The molecule has 3 rings (SSSR count). The van der Waals surface area contributed by atoms with Crippen LogP contribution in [0.5, 0.6) is 0 Å². The van der Waals surface area contributed by atoms with Crippen LogP contribution in [0.1, 0.15) is 24.0 Å². The van der Waals surface area contributed by atoms with Crippen LogP contribution in [0.15, 0.2) is 64.2 Å². The van der Waals surface area contributed by atoms with Crippen LogP contribution in [-0.2, 0) is 9.59 Å². The second-order valence-electron chi connectivity index (χ2n) is 5.92. The van der Waals surface area contributed by atoms with E-state index in [1.54, 1.807) is 0 Å². The van der Waals surface area contributed by atoms with Crippen LogP contribution in [-0.4, -0.2) is 24.1 Å². The largest absolute Gasteiger partial charge is 0.355 e. The Labute approximate surface area is 154 Å². The molecule has 0 aliphatic carbocycles. The molecule has 0 spiro atoms. The number of halogens is 1. The molecule has 6 heteroatoms. The summed E-state index contributed by atoms with van der Waals surface area (Å²) in [5.41, 5.74) is 5.09. The lowest BCUT2D eigenvalue weighted by atomic mass is 9.88. The quantitative estimate of drug-likeness (QED) is 0.471. The molecule has 1 aliphatic rings. The maximum atomic E-state index is 12.5.